The molecule has 0 radical (unpaired) electrons. The predicted molar refractivity (Wildman–Crippen MR) is 78.3 cm³/mol. The molecule has 0 spiro atoms. The highest BCUT2D eigenvalue weighted by atomic mass is 16.5. The summed E-state index contributed by atoms with van der Waals surface area (Å²) in [7, 11) is 1.64. The van der Waals surface area contributed by atoms with Gasteiger partial charge in [-0.2, -0.15) is 0 Å². The fourth-order valence-corrected chi connectivity index (χ4v) is 1.75. The van der Waals surface area contributed by atoms with Crippen LogP contribution >= 0.6 is 0 Å². The number of benzene rings is 2. The SMILES string of the molecule is COc1ccc(OCCOc2cccc(CN)c2)cc1. The average molecular weight is 273 g/mol. The van der Waals surface area contributed by atoms with Crippen LogP contribution in [0.4, 0.5) is 0 Å². The zero-order valence-corrected chi connectivity index (χ0v) is 11.5. The molecule has 0 amide bonds. The predicted octanol–water partition coefficient (Wildman–Crippen LogP) is 2.61. The van der Waals surface area contributed by atoms with Gasteiger partial charge in [0.2, 0.25) is 0 Å². The van der Waals surface area contributed by atoms with Crippen molar-refractivity contribution in [1.82, 2.24) is 0 Å². The van der Waals surface area contributed by atoms with Crippen molar-refractivity contribution in [2.45, 2.75) is 6.54 Å². The van der Waals surface area contributed by atoms with Crippen molar-refractivity contribution in [2.24, 2.45) is 5.73 Å². The third-order valence-corrected chi connectivity index (χ3v) is 2.81. The van der Waals surface area contributed by atoms with Crippen molar-refractivity contribution in [3.8, 4) is 17.2 Å². The molecule has 0 aliphatic rings. The highest BCUT2D eigenvalue weighted by molar-refractivity contribution is 5.31. The largest absolute Gasteiger partial charge is 0.497 e. The molecule has 4 heteroatoms. The smallest absolute Gasteiger partial charge is 0.122 e. The quantitative estimate of drug-likeness (QED) is 0.788. The summed E-state index contributed by atoms with van der Waals surface area (Å²) in [6, 6.07) is 15.2. The lowest BCUT2D eigenvalue weighted by Gasteiger charge is -2.09. The molecule has 2 aromatic carbocycles. The second-order valence-electron chi connectivity index (χ2n) is 4.22. The molecule has 4 nitrogen and oxygen atoms in total. The van der Waals surface area contributed by atoms with E-state index in [1.807, 2.05) is 48.5 Å². The van der Waals surface area contributed by atoms with E-state index >= 15 is 0 Å². The molecule has 2 aromatic rings. The van der Waals surface area contributed by atoms with E-state index in [1.54, 1.807) is 7.11 Å². The molecule has 2 rings (SSSR count). The van der Waals surface area contributed by atoms with Crippen LogP contribution in [0, 0.1) is 0 Å². The van der Waals surface area contributed by atoms with Crippen LogP contribution in [0.25, 0.3) is 0 Å². The lowest BCUT2D eigenvalue weighted by molar-refractivity contribution is 0.217. The Hall–Kier alpha value is -2.20. The summed E-state index contributed by atoms with van der Waals surface area (Å²) in [6.07, 6.45) is 0. The second-order valence-corrected chi connectivity index (χ2v) is 4.22. The van der Waals surface area contributed by atoms with E-state index in [-0.39, 0.29) is 0 Å². The number of nitrogens with two attached hydrogens (primary N) is 1. The molecule has 0 heterocycles. The standard InChI is InChI=1S/C16H19NO3/c1-18-14-5-7-15(8-6-14)19-9-10-20-16-4-2-3-13(11-16)12-17/h2-8,11H,9-10,12,17H2,1H3. The topological polar surface area (TPSA) is 53.7 Å². The fraction of sp³-hybridized carbons (Fsp3) is 0.250. The number of methoxy groups -OCH3 is 1. The first kappa shape index (κ1) is 14.2. The first-order chi connectivity index (χ1) is 9.81. The van der Waals surface area contributed by atoms with Gasteiger partial charge in [-0.15, -0.1) is 0 Å². The van der Waals surface area contributed by atoms with Gasteiger partial charge in [-0.1, -0.05) is 12.1 Å². The van der Waals surface area contributed by atoms with Crippen LogP contribution in [0.5, 0.6) is 17.2 Å². The van der Waals surface area contributed by atoms with Gasteiger partial charge in [-0.25, -0.2) is 0 Å². The summed E-state index contributed by atoms with van der Waals surface area (Å²) in [5.74, 6) is 2.42. The van der Waals surface area contributed by atoms with Gasteiger partial charge in [0.15, 0.2) is 0 Å². The summed E-state index contributed by atoms with van der Waals surface area (Å²) in [4.78, 5) is 0. The molecule has 0 fully saturated rings. The number of ether oxygens (including phenoxy) is 3. The maximum atomic E-state index is 5.61. The zero-order valence-electron chi connectivity index (χ0n) is 11.5. The molecule has 0 atom stereocenters. The van der Waals surface area contributed by atoms with Gasteiger partial charge in [0, 0.05) is 6.54 Å². The van der Waals surface area contributed by atoms with Crippen LogP contribution in [0.3, 0.4) is 0 Å². The van der Waals surface area contributed by atoms with Crippen molar-refractivity contribution in [3.05, 3.63) is 54.1 Å². The Morgan fingerprint density at radius 1 is 0.850 bits per heavy atom. The molecule has 0 unspecified atom stereocenters. The van der Waals surface area contributed by atoms with E-state index in [4.69, 9.17) is 19.9 Å². The summed E-state index contributed by atoms with van der Waals surface area (Å²) < 4.78 is 16.3. The molecule has 0 aliphatic carbocycles. The Bertz CT molecular complexity index is 526. The molecule has 2 N–H and O–H groups in total. The van der Waals surface area contributed by atoms with Gasteiger partial charge in [-0.05, 0) is 42.0 Å². The normalized spacial score (nSPS) is 10.1. The zero-order chi connectivity index (χ0) is 14.2. The fourth-order valence-electron chi connectivity index (χ4n) is 1.75. The minimum Gasteiger partial charge on any atom is -0.497 e. The molecule has 0 aromatic heterocycles. The lowest BCUT2D eigenvalue weighted by Crippen LogP contribution is -2.09. The summed E-state index contributed by atoms with van der Waals surface area (Å²) in [6.45, 7) is 1.48. The van der Waals surface area contributed by atoms with E-state index in [1.165, 1.54) is 0 Å². The highest BCUT2D eigenvalue weighted by Gasteiger charge is 1.98. The maximum Gasteiger partial charge on any atom is 0.122 e. The summed E-state index contributed by atoms with van der Waals surface area (Å²) >= 11 is 0. The number of rotatable bonds is 7. The van der Waals surface area contributed by atoms with Gasteiger partial charge in [-0.3, -0.25) is 0 Å². The third kappa shape index (κ3) is 4.17. The van der Waals surface area contributed by atoms with Crippen molar-refractivity contribution in [2.75, 3.05) is 20.3 Å². The van der Waals surface area contributed by atoms with Crippen molar-refractivity contribution >= 4 is 0 Å². The van der Waals surface area contributed by atoms with Crippen LogP contribution in [0.2, 0.25) is 0 Å². The van der Waals surface area contributed by atoms with Crippen LogP contribution in [0.1, 0.15) is 5.56 Å². The van der Waals surface area contributed by atoms with Gasteiger partial charge in [0.05, 0.1) is 7.11 Å². The van der Waals surface area contributed by atoms with Gasteiger partial charge in [0.1, 0.15) is 30.5 Å². The van der Waals surface area contributed by atoms with Gasteiger partial charge in [0.25, 0.3) is 0 Å². The summed E-state index contributed by atoms with van der Waals surface area (Å²) in [5, 5.41) is 0. The monoisotopic (exact) mass is 273 g/mol. The Labute approximate surface area is 119 Å². The molecule has 106 valence electrons. The van der Waals surface area contributed by atoms with E-state index in [0.29, 0.717) is 19.8 Å². The minimum atomic E-state index is 0.485. The Morgan fingerprint density at radius 2 is 1.50 bits per heavy atom. The molecule has 0 saturated heterocycles. The number of hydrogen-bond acceptors (Lipinski definition) is 4. The first-order valence-electron chi connectivity index (χ1n) is 6.50. The van der Waals surface area contributed by atoms with E-state index in [9.17, 15) is 0 Å². The first-order valence-corrected chi connectivity index (χ1v) is 6.50. The Kier molecular flexibility index (Phi) is 5.26. The Balaban J connectivity index is 1.75. The highest BCUT2D eigenvalue weighted by Crippen LogP contribution is 2.17. The second kappa shape index (κ2) is 7.40. The molecule has 20 heavy (non-hydrogen) atoms. The average Bonchev–Trinajstić information content (AvgIpc) is 2.52. The van der Waals surface area contributed by atoms with Crippen LogP contribution < -0.4 is 19.9 Å². The van der Waals surface area contributed by atoms with Crippen LogP contribution in [0.15, 0.2) is 48.5 Å². The van der Waals surface area contributed by atoms with E-state index in [2.05, 4.69) is 0 Å². The Morgan fingerprint density at radius 3 is 2.15 bits per heavy atom. The van der Waals surface area contributed by atoms with Crippen LogP contribution in [-0.4, -0.2) is 20.3 Å². The molecular weight excluding hydrogens is 254 g/mol. The van der Waals surface area contributed by atoms with Crippen molar-refractivity contribution in [3.63, 3.8) is 0 Å². The third-order valence-electron chi connectivity index (χ3n) is 2.81. The minimum absolute atomic E-state index is 0.485. The summed E-state index contributed by atoms with van der Waals surface area (Å²) in [5.41, 5.74) is 6.64. The van der Waals surface area contributed by atoms with Crippen LogP contribution in [-0.2, 0) is 6.54 Å². The van der Waals surface area contributed by atoms with E-state index < -0.39 is 0 Å². The molecule has 0 aliphatic heterocycles. The molecular formula is C16H19NO3. The van der Waals surface area contributed by atoms with Crippen molar-refractivity contribution < 1.29 is 14.2 Å². The molecule has 0 bridgehead atoms. The lowest BCUT2D eigenvalue weighted by atomic mass is 10.2. The maximum absolute atomic E-state index is 5.61. The van der Waals surface area contributed by atoms with Gasteiger partial charge < -0.3 is 19.9 Å². The van der Waals surface area contributed by atoms with Crippen molar-refractivity contribution in [1.29, 1.82) is 0 Å². The van der Waals surface area contributed by atoms with Gasteiger partial charge >= 0.3 is 0 Å². The molecule has 0 saturated carbocycles. The van der Waals surface area contributed by atoms with E-state index in [0.717, 1.165) is 22.8 Å². The number of hydrogen-bond donors (Lipinski definition) is 1.